The molecule has 0 unspecified atom stereocenters. The predicted octanol–water partition coefficient (Wildman–Crippen LogP) is 2.99. The molecular formula is C20H30N2O3S. The van der Waals surface area contributed by atoms with Gasteiger partial charge in [-0.15, -0.1) is 11.3 Å². The van der Waals surface area contributed by atoms with Crippen molar-refractivity contribution in [3.05, 3.63) is 22.4 Å². The first-order chi connectivity index (χ1) is 12.7. The van der Waals surface area contributed by atoms with Crippen LogP contribution < -0.4 is 5.32 Å². The maximum Gasteiger partial charge on any atom is 0.246 e. The molecule has 1 aromatic heterocycles. The summed E-state index contributed by atoms with van der Waals surface area (Å²) in [7, 11) is 1.67. The Labute approximate surface area is 160 Å². The second-order valence-electron chi connectivity index (χ2n) is 7.48. The average molecular weight is 379 g/mol. The number of amides is 2. The number of hydrogen-bond acceptors (Lipinski definition) is 4. The largest absolute Gasteiger partial charge is 0.385 e. The highest BCUT2D eigenvalue weighted by Gasteiger charge is 2.41. The Morgan fingerprint density at radius 2 is 2.08 bits per heavy atom. The number of nitrogens with zero attached hydrogens (tertiary/aromatic N) is 1. The van der Waals surface area contributed by atoms with E-state index in [0.717, 1.165) is 17.7 Å². The van der Waals surface area contributed by atoms with E-state index in [4.69, 9.17) is 4.74 Å². The molecule has 1 N–H and O–H groups in total. The molecule has 0 radical (unpaired) electrons. The maximum absolute atomic E-state index is 13.1. The van der Waals surface area contributed by atoms with Crippen LogP contribution in [0.5, 0.6) is 0 Å². The Hall–Kier alpha value is -1.40. The lowest BCUT2D eigenvalue weighted by Crippen LogP contribution is -2.64. The van der Waals surface area contributed by atoms with Gasteiger partial charge < -0.3 is 15.0 Å². The van der Waals surface area contributed by atoms with E-state index in [2.05, 4.69) is 5.32 Å². The van der Waals surface area contributed by atoms with Gasteiger partial charge in [-0.3, -0.25) is 9.59 Å². The molecule has 2 amide bonds. The molecule has 5 nitrogen and oxygen atoms in total. The molecule has 1 saturated carbocycles. The molecule has 1 aromatic rings. The van der Waals surface area contributed by atoms with Crippen molar-refractivity contribution < 1.29 is 14.3 Å². The van der Waals surface area contributed by atoms with Crippen LogP contribution in [0.25, 0.3) is 0 Å². The Kier molecular flexibility index (Phi) is 7.08. The molecule has 2 heterocycles. The molecule has 144 valence electrons. The van der Waals surface area contributed by atoms with Gasteiger partial charge in [-0.25, -0.2) is 0 Å². The first kappa shape index (κ1) is 19.4. The Morgan fingerprint density at radius 1 is 1.27 bits per heavy atom. The van der Waals surface area contributed by atoms with Crippen molar-refractivity contribution in [3.63, 3.8) is 0 Å². The predicted molar refractivity (Wildman–Crippen MR) is 103 cm³/mol. The van der Waals surface area contributed by atoms with Crippen LogP contribution in [-0.2, 0) is 20.7 Å². The van der Waals surface area contributed by atoms with Gasteiger partial charge in [-0.2, -0.15) is 0 Å². The van der Waals surface area contributed by atoms with Crippen LogP contribution in [-0.4, -0.2) is 49.1 Å². The van der Waals surface area contributed by atoms with Crippen molar-refractivity contribution >= 4 is 23.2 Å². The maximum atomic E-state index is 13.1. The van der Waals surface area contributed by atoms with Gasteiger partial charge in [0.2, 0.25) is 11.8 Å². The summed E-state index contributed by atoms with van der Waals surface area (Å²) < 4.78 is 5.16. The van der Waals surface area contributed by atoms with Gasteiger partial charge in [0.05, 0.1) is 0 Å². The van der Waals surface area contributed by atoms with Crippen LogP contribution >= 0.6 is 11.3 Å². The van der Waals surface area contributed by atoms with E-state index >= 15 is 0 Å². The lowest BCUT2D eigenvalue weighted by atomic mass is 9.83. The van der Waals surface area contributed by atoms with E-state index in [1.165, 1.54) is 32.1 Å². The molecule has 0 bridgehead atoms. The first-order valence-electron chi connectivity index (χ1n) is 9.81. The summed E-state index contributed by atoms with van der Waals surface area (Å²) in [5, 5.41) is 5.02. The van der Waals surface area contributed by atoms with E-state index in [9.17, 15) is 9.59 Å². The van der Waals surface area contributed by atoms with E-state index in [-0.39, 0.29) is 17.9 Å². The van der Waals surface area contributed by atoms with Crippen LogP contribution in [0.15, 0.2) is 17.5 Å². The number of carbonyl (C=O) groups is 2. The Bertz CT molecular complexity index is 584. The van der Waals surface area contributed by atoms with E-state index in [1.807, 2.05) is 22.4 Å². The van der Waals surface area contributed by atoms with Crippen molar-refractivity contribution in [2.75, 3.05) is 20.3 Å². The second-order valence-corrected chi connectivity index (χ2v) is 8.51. The van der Waals surface area contributed by atoms with Crippen LogP contribution in [0.2, 0.25) is 0 Å². The molecule has 2 fully saturated rings. The number of methoxy groups -OCH3 is 1. The molecule has 0 aromatic carbocycles. The Morgan fingerprint density at radius 3 is 2.77 bits per heavy atom. The molecule has 2 atom stereocenters. The van der Waals surface area contributed by atoms with Crippen LogP contribution in [0, 0.1) is 5.92 Å². The highest BCUT2D eigenvalue weighted by molar-refractivity contribution is 7.09. The van der Waals surface area contributed by atoms with Crippen molar-refractivity contribution in [3.8, 4) is 0 Å². The third-order valence-corrected chi connectivity index (χ3v) is 6.49. The summed E-state index contributed by atoms with van der Waals surface area (Å²) >= 11 is 1.63. The minimum Gasteiger partial charge on any atom is -0.385 e. The summed E-state index contributed by atoms with van der Waals surface area (Å²) in [6, 6.07) is 3.25. The van der Waals surface area contributed by atoms with Crippen molar-refractivity contribution in [1.29, 1.82) is 0 Å². The van der Waals surface area contributed by atoms with Crippen molar-refractivity contribution in [1.82, 2.24) is 10.2 Å². The molecule has 3 rings (SSSR count). The van der Waals surface area contributed by atoms with Gasteiger partial charge in [0.25, 0.3) is 0 Å². The molecule has 2 aliphatic rings. The van der Waals surface area contributed by atoms with Gasteiger partial charge in [-0.05, 0) is 30.2 Å². The third kappa shape index (κ3) is 4.86. The fourth-order valence-corrected chi connectivity index (χ4v) is 4.96. The number of rotatable bonds is 8. The van der Waals surface area contributed by atoms with E-state index < -0.39 is 6.04 Å². The van der Waals surface area contributed by atoms with Crippen LogP contribution in [0.4, 0.5) is 0 Å². The lowest BCUT2D eigenvalue weighted by Gasteiger charge is -2.40. The van der Waals surface area contributed by atoms with Crippen LogP contribution in [0.1, 0.15) is 49.8 Å². The monoisotopic (exact) mass is 378 g/mol. The third-order valence-electron chi connectivity index (χ3n) is 5.59. The molecule has 6 heteroatoms. The van der Waals surface area contributed by atoms with E-state index in [1.54, 1.807) is 18.4 Å². The van der Waals surface area contributed by atoms with Crippen LogP contribution in [0.3, 0.4) is 0 Å². The van der Waals surface area contributed by atoms with Gasteiger partial charge in [0.1, 0.15) is 12.1 Å². The number of carbonyl (C=O) groups excluding carboxylic acids is 2. The zero-order chi connectivity index (χ0) is 18.4. The normalized spacial score (nSPS) is 24.7. The van der Waals surface area contributed by atoms with Crippen molar-refractivity contribution in [2.45, 2.75) is 63.5 Å². The fraction of sp³-hybridized carbons (Fsp3) is 0.700. The summed E-state index contributed by atoms with van der Waals surface area (Å²) in [5.41, 5.74) is 0. The zero-order valence-electron chi connectivity index (χ0n) is 15.6. The minimum absolute atomic E-state index is 0.0224. The smallest absolute Gasteiger partial charge is 0.246 e. The molecule has 26 heavy (non-hydrogen) atoms. The van der Waals surface area contributed by atoms with Crippen molar-refractivity contribution in [2.24, 2.45) is 5.92 Å². The van der Waals surface area contributed by atoms with Gasteiger partial charge in [0.15, 0.2) is 0 Å². The Balaban J connectivity index is 1.69. The summed E-state index contributed by atoms with van der Waals surface area (Å²) in [6.45, 7) is 1.20. The molecular weight excluding hydrogens is 348 g/mol. The summed E-state index contributed by atoms with van der Waals surface area (Å²) in [4.78, 5) is 29.0. The number of ether oxygens (including phenoxy) is 1. The highest BCUT2D eigenvalue weighted by atomic mass is 32.1. The SMILES string of the molecule is COCCCN1C(=O)[C@H](Cc2cccs2)NC(=O)[C@@H]1CC1CCCCC1. The topological polar surface area (TPSA) is 58.6 Å². The molecule has 1 aliphatic heterocycles. The second kappa shape index (κ2) is 9.51. The average Bonchev–Trinajstić information content (AvgIpc) is 3.16. The molecule has 1 aliphatic carbocycles. The zero-order valence-corrected chi connectivity index (χ0v) is 16.4. The molecule has 0 spiro atoms. The first-order valence-corrected chi connectivity index (χ1v) is 10.7. The van der Waals surface area contributed by atoms with Gasteiger partial charge in [0, 0.05) is 31.6 Å². The fourth-order valence-electron chi connectivity index (χ4n) is 4.21. The summed E-state index contributed by atoms with van der Waals surface area (Å²) in [5.74, 6) is 0.648. The molecule has 1 saturated heterocycles. The number of thiophene rings is 1. The summed E-state index contributed by atoms with van der Waals surface area (Å²) in [6.07, 6.45) is 8.31. The standard InChI is InChI=1S/C20H30N2O3S/c1-25-11-6-10-22-18(13-15-7-3-2-4-8-15)19(23)21-17(20(22)24)14-16-9-5-12-26-16/h5,9,12,15,17-18H,2-4,6-8,10-11,13-14H2,1H3,(H,21,23)/t17-,18-/m0/s1. The quantitative estimate of drug-likeness (QED) is 0.708. The number of nitrogens with one attached hydrogen (secondary N) is 1. The van der Waals surface area contributed by atoms with Gasteiger partial charge in [-0.1, -0.05) is 38.2 Å². The number of piperazine rings is 1. The lowest BCUT2D eigenvalue weighted by molar-refractivity contribution is -0.150. The van der Waals surface area contributed by atoms with Gasteiger partial charge >= 0.3 is 0 Å². The highest BCUT2D eigenvalue weighted by Crippen LogP contribution is 2.30. The number of hydrogen-bond donors (Lipinski definition) is 1. The van der Waals surface area contributed by atoms with E-state index in [0.29, 0.717) is 25.5 Å². The minimum atomic E-state index is -0.439.